The highest BCUT2D eigenvalue weighted by Crippen LogP contribution is 2.12. The van der Waals surface area contributed by atoms with E-state index >= 15 is 0 Å². The van der Waals surface area contributed by atoms with Gasteiger partial charge >= 0.3 is 0 Å². The van der Waals surface area contributed by atoms with Crippen molar-refractivity contribution in [2.24, 2.45) is 5.73 Å². The summed E-state index contributed by atoms with van der Waals surface area (Å²) < 4.78 is 17.8. The van der Waals surface area contributed by atoms with Gasteiger partial charge in [-0.15, -0.1) is 0 Å². The highest BCUT2D eigenvalue weighted by molar-refractivity contribution is 5.43. The van der Waals surface area contributed by atoms with Crippen LogP contribution in [0.2, 0.25) is 0 Å². The molecule has 4 heteroatoms. The average Bonchev–Trinajstić information content (AvgIpc) is 2.29. The average molecular weight is 226 g/mol. The zero-order valence-electron chi connectivity index (χ0n) is 9.58. The summed E-state index contributed by atoms with van der Waals surface area (Å²) in [5, 5.41) is 3.29. The van der Waals surface area contributed by atoms with Crippen LogP contribution in [0.1, 0.15) is 12.8 Å². The van der Waals surface area contributed by atoms with Crippen LogP contribution in [-0.4, -0.2) is 26.3 Å². The maximum atomic E-state index is 12.7. The quantitative estimate of drug-likeness (QED) is 0.747. The van der Waals surface area contributed by atoms with Gasteiger partial charge in [-0.2, -0.15) is 0 Å². The number of nitrogens with two attached hydrogens (primary N) is 1. The smallest absolute Gasteiger partial charge is 0.123 e. The normalized spacial score (nSPS) is 12.4. The molecule has 1 rings (SSSR count). The fourth-order valence-electron chi connectivity index (χ4n) is 1.54. The van der Waals surface area contributed by atoms with Gasteiger partial charge in [0.1, 0.15) is 5.82 Å². The third kappa shape index (κ3) is 4.59. The molecule has 0 aliphatic rings. The Morgan fingerprint density at radius 2 is 2.06 bits per heavy atom. The minimum Gasteiger partial charge on any atom is -0.383 e. The summed E-state index contributed by atoms with van der Waals surface area (Å²) in [6.07, 6.45) is 1.89. The number of anilines is 1. The van der Waals surface area contributed by atoms with Crippen LogP contribution in [0, 0.1) is 5.82 Å². The monoisotopic (exact) mass is 226 g/mol. The first kappa shape index (κ1) is 12.9. The highest BCUT2D eigenvalue weighted by Gasteiger charge is 2.07. The lowest BCUT2D eigenvalue weighted by Crippen LogP contribution is -2.25. The molecule has 0 bridgehead atoms. The van der Waals surface area contributed by atoms with Crippen molar-refractivity contribution in [3.8, 4) is 0 Å². The van der Waals surface area contributed by atoms with E-state index in [1.165, 1.54) is 12.1 Å². The largest absolute Gasteiger partial charge is 0.383 e. The molecular weight excluding hydrogens is 207 g/mol. The van der Waals surface area contributed by atoms with Crippen molar-refractivity contribution in [1.29, 1.82) is 0 Å². The van der Waals surface area contributed by atoms with Gasteiger partial charge in [0.2, 0.25) is 0 Å². The SMILES string of the molecule is COCC(CCCN)Nc1ccc(F)cc1. The second kappa shape index (κ2) is 7.19. The molecule has 16 heavy (non-hydrogen) atoms. The molecule has 1 aromatic carbocycles. The van der Waals surface area contributed by atoms with E-state index in [1.807, 2.05) is 0 Å². The van der Waals surface area contributed by atoms with Gasteiger partial charge in [-0.25, -0.2) is 4.39 Å². The van der Waals surface area contributed by atoms with E-state index in [0.717, 1.165) is 18.5 Å². The molecular formula is C12H19FN2O. The molecule has 0 heterocycles. The topological polar surface area (TPSA) is 47.3 Å². The maximum absolute atomic E-state index is 12.7. The lowest BCUT2D eigenvalue weighted by atomic mass is 10.1. The minimum absolute atomic E-state index is 0.221. The van der Waals surface area contributed by atoms with Crippen LogP contribution in [0.3, 0.4) is 0 Å². The Morgan fingerprint density at radius 3 is 2.62 bits per heavy atom. The molecule has 3 nitrogen and oxygen atoms in total. The zero-order chi connectivity index (χ0) is 11.8. The molecule has 0 spiro atoms. The summed E-state index contributed by atoms with van der Waals surface area (Å²) in [7, 11) is 1.67. The standard InChI is InChI=1S/C12H19FN2O/c1-16-9-12(3-2-8-14)15-11-6-4-10(13)5-7-11/h4-7,12,15H,2-3,8-9,14H2,1H3. The van der Waals surface area contributed by atoms with Gasteiger partial charge in [0.15, 0.2) is 0 Å². The Morgan fingerprint density at radius 1 is 1.38 bits per heavy atom. The van der Waals surface area contributed by atoms with Gasteiger partial charge in [0.05, 0.1) is 6.61 Å². The summed E-state index contributed by atoms with van der Waals surface area (Å²) in [6, 6.07) is 6.55. The molecule has 0 amide bonds. The summed E-state index contributed by atoms with van der Waals surface area (Å²) >= 11 is 0. The molecule has 0 radical (unpaired) electrons. The van der Waals surface area contributed by atoms with Crippen molar-refractivity contribution in [2.45, 2.75) is 18.9 Å². The van der Waals surface area contributed by atoms with Gasteiger partial charge in [-0.1, -0.05) is 0 Å². The van der Waals surface area contributed by atoms with Crippen molar-refractivity contribution in [3.63, 3.8) is 0 Å². The van der Waals surface area contributed by atoms with E-state index in [1.54, 1.807) is 19.2 Å². The number of benzene rings is 1. The van der Waals surface area contributed by atoms with Gasteiger partial charge in [-0.3, -0.25) is 0 Å². The zero-order valence-corrected chi connectivity index (χ0v) is 9.58. The second-order valence-corrected chi connectivity index (χ2v) is 3.73. The molecule has 0 saturated carbocycles. The van der Waals surface area contributed by atoms with Crippen LogP contribution in [0.15, 0.2) is 24.3 Å². The van der Waals surface area contributed by atoms with Gasteiger partial charge in [-0.05, 0) is 43.7 Å². The molecule has 3 N–H and O–H groups in total. The third-order valence-corrected chi connectivity index (χ3v) is 2.34. The van der Waals surface area contributed by atoms with Crippen molar-refractivity contribution in [2.75, 3.05) is 25.6 Å². The number of hydrogen-bond acceptors (Lipinski definition) is 3. The Kier molecular flexibility index (Phi) is 5.82. The van der Waals surface area contributed by atoms with Crippen molar-refractivity contribution >= 4 is 5.69 Å². The molecule has 1 unspecified atom stereocenters. The highest BCUT2D eigenvalue weighted by atomic mass is 19.1. The van der Waals surface area contributed by atoms with E-state index < -0.39 is 0 Å². The van der Waals surface area contributed by atoms with Crippen molar-refractivity contribution < 1.29 is 9.13 Å². The Balaban J connectivity index is 2.49. The van der Waals surface area contributed by atoms with E-state index in [-0.39, 0.29) is 11.9 Å². The fourth-order valence-corrected chi connectivity index (χ4v) is 1.54. The molecule has 0 aliphatic heterocycles. The summed E-state index contributed by atoms with van der Waals surface area (Å²) in [5.41, 5.74) is 6.37. The lowest BCUT2D eigenvalue weighted by Gasteiger charge is -2.18. The first-order valence-electron chi connectivity index (χ1n) is 5.47. The predicted molar refractivity (Wildman–Crippen MR) is 64.0 cm³/mol. The molecule has 1 atom stereocenters. The summed E-state index contributed by atoms with van der Waals surface area (Å²) in [5.74, 6) is -0.226. The van der Waals surface area contributed by atoms with Crippen molar-refractivity contribution in [1.82, 2.24) is 0 Å². The maximum Gasteiger partial charge on any atom is 0.123 e. The molecule has 0 aliphatic carbocycles. The van der Waals surface area contributed by atoms with Crippen LogP contribution < -0.4 is 11.1 Å². The van der Waals surface area contributed by atoms with Crippen LogP contribution in [0.25, 0.3) is 0 Å². The number of ether oxygens (including phenoxy) is 1. The Labute approximate surface area is 95.8 Å². The molecule has 0 fully saturated rings. The van der Waals surface area contributed by atoms with Gasteiger partial charge < -0.3 is 15.8 Å². The predicted octanol–water partition coefficient (Wildman–Crippen LogP) is 1.99. The molecule has 90 valence electrons. The minimum atomic E-state index is -0.226. The number of nitrogens with one attached hydrogen (secondary N) is 1. The first-order chi connectivity index (χ1) is 7.76. The number of halogens is 1. The first-order valence-corrected chi connectivity index (χ1v) is 5.47. The van der Waals surface area contributed by atoms with E-state index in [4.69, 9.17) is 10.5 Å². The Hall–Kier alpha value is -1.13. The van der Waals surface area contributed by atoms with Crippen LogP contribution >= 0.6 is 0 Å². The van der Waals surface area contributed by atoms with E-state index in [0.29, 0.717) is 13.2 Å². The Bertz CT molecular complexity index is 290. The third-order valence-electron chi connectivity index (χ3n) is 2.34. The summed E-state index contributed by atoms with van der Waals surface area (Å²) in [6.45, 7) is 1.29. The number of methoxy groups -OCH3 is 1. The van der Waals surface area contributed by atoms with E-state index in [9.17, 15) is 4.39 Å². The lowest BCUT2D eigenvalue weighted by molar-refractivity contribution is 0.182. The summed E-state index contributed by atoms with van der Waals surface area (Å²) in [4.78, 5) is 0. The molecule has 0 saturated heterocycles. The number of hydrogen-bond donors (Lipinski definition) is 2. The van der Waals surface area contributed by atoms with E-state index in [2.05, 4.69) is 5.32 Å². The molecule has 1 aromatic rings. The van der Waals surface area contributed by atoms with Crippen LogP contribution in [0.5, 0.6) is 0 Å². The fraction of sp³-hybridized carbons (Fsp3) is 0.500. The van der Waals surface area contributed by atoms with Gasteiger partial charge in [0.25, 0.3) is 0 Å². The molecule has 0 aromatic heterocycles. The number of rotatable bonds is 7. The second-order valence-electron chi connectivity index (χ2n) is 3.73. The van der Waals surface area contributed by atoms with Gasteiger partial charge in [0, 0.05) is 18.8 Å². The van der Waals surface area contributed by atoms with Crippen LogP contribution in [0.4, 0.5) is 10.1 Å². The van der Waals surface area contributed by atoms with Crippen molar-refractivity contribution in [3.05, 3.63) is 30.1 Å². The van der Waals surface area contributed by atoms with Crippen LogP contribution in [-0.2, 0) is 4.74 Å².